The zero-order valence-electron chi connectivity index (χ0n) is 31.7. The van der Waals surface area contributed by atoms with E-state index in [1.807, 2.05) is 54.7 Å². The Hall–Kier alpha value is -4.65. The molecule has 7 heteroatoms. The van der Waals surface area contributed by atoms with Gasteiger partial charge in [-0.1, -0.05) is 86.2 Å². The van der Waals surface area contributed by atoms with Gasteiger partial charge < -0.3 is 19.8 Å². The number of para-hydroxylation sites is 1. The molecule has 0 radical (unpaired) electrons. The van der Waals surface area contributed by atoms with Gasteiger partial charge in [0.1, 0.15) is 24.5 Å². The molecule has 1 amide bonds. The van der Waals surface area contributed by atoms with Crippen LogP contribution in [0.25, 0.3) is 22.0 Å². The van der Waals surface area contributed by atoms with Crippen molar-refractivity contribution in [2.24, 2.45) is 34.5 Å². The maximum atomic E-state index is 14.2. The lowest BCUT2D eigenvalue weighted by Gasteiger charge is -2.58. The fourth-order valence-corrected chi connectivity index (χ4v) is 12.2. The first-order chi connectivity index (χ1) is 26.1. The van der Waals surface area contributed by atoms with Crippen molar-refractivity contribution in [2.45, 2.75) is 96.6 Å². The van der Waals surface area contributed by atoms with E-state index in [4.69, 9.17) is 9.47 Å². The number of ether oxygens (including phenoxy) is 2. The molecule has 3 fully saturated rings. The number of Topliss-reactive ketones (excluding diaryl/α,β-unsaturated/α-hetero) is 1. The van der Waals surface area contributed by atoms with Crippen molar-refractivity contribution in [3.8, 4) is 11.1 Å². The van der Waals surface area contributed by atoms with Crippen LogP contribution in [-0.4, -0.2) is 41.6 Å². The van der Waals surface area contributed by atoms with Crippen molar-refractivity contribution >= 4 is 28.7 Å². The van der Waals surface area contributed by atoms with Gasteiger partial charge in [-0.05, 0) is 127 Å². The van der Waals surface area contributed by atoms with Gasteiger partial charge in [0, 0.05) is 35.4 Å². The number of benzene rings is 3. The molecule has 3 saturated carbocycles. The normalized spacial score (nSPS) is 30.2. The number of aromatic amines is 1. The van der Waals surface area contributed by atoms with Crippen molar-refractivity contribution in [1.82, 2.24) is 10.3 Å². The highest BCUT2D eigenvalue weighted by Crippen LogP contribution is 2.67. The van der Waals surface area contributed by atoms with Crippen LogP contribution >= 0.6 is 0 Å². The largest absolute Gasteiger partial charge is 0.457 e. The first-order valence-corrected chi connectivity index (χ1v) is 20.2. The Labute approximate surface area is 318 Å². The number of amides is 1. The van der Waals surface area contributed by atoms with Crippen LogP contribution in [-0.2, 0) is 25.5 Å². The van der Waals surface area contributed by atoms with E-state index >= 15 is 0 Å². The molecule has 54 heavy (non-hydrogen) atoms. The minimum atomic E-state index is -0.921. The zero-order chi connectivity index (χ0) is 37.2. The molecule has 8 atom stereocenters. The second-order valence-electron chi connectivity index (χ2n) is 17.4. The SMILES string of the molecule is CC(=O)[C@H]1CC[C@H]2[C@@H]3CCC4=C[C@@H](OC(=O)[C@H](Cc5c[nH]c6ccccc56)NC(=O)OCC5c6ccccc6-c6ccccc65)CC[C@]4(C)[C@H]3CC[C@]12C. The standard InChI is InChI=1S/C47H52N2O5/c1-28(50)39-18-19-40-37-17-16-30-25-31(20-22-46(30,2)41(37)21-23-47(39,40)3)54-44(51)43(24-29-26-48-42-15-9-8-10-32(29)42)49-45(52)53-27-38-35-13-6-4-11-33(35)34-12-5-7-14-36(34)38/h4-15,25-26,31,37-41,43,48H,16-24,27H2,1-3H3,(H,49,52)/t31-,37-,39+,40-,41-,43-,46-,47+/m0/s1. The second kappa shape index (κ2) is 13.6. The molecule has 280 valence electrons. The predicted octanol–water partition coefficient (Wildman–Crippen LogP) is 9.70. The summed E-state index contributed by atoms with van der Waals surface area (Å²) in [4.78, 5) is 43.6. The molecule has 0 aliphatic heterocycles. The number of carbonyl (C=O) groups is 3. The summed E-state index contributed by atoms with van der Waals surface area (Å²) in [6, 6.07) is 23.6. The predicted molar refractivity (Wildman–Crippen MR) is 210 cm³/mol. The Morgan fingerprint density at radius 2 is 1.57 bits per heavy atom. The number of carbonyl (C=O) groups excluding carboxylic acids is 3. The number of rotatable bonds is 8. The topological polar surface area (TPSA) is 97.5 Å². The lowest BCUT2D eigenvalue weighted by atomic mass is 9.46. The van der Waals surface area contributed by atoms with Gasteiger partial charge in [-0.3, -0.25) is 4.79 Å². The number of aromatic nitrogens is 1. The highest BCUT2D eigenvalue weighted by Gasteiger charge is 2.59. The number of hydrogen-bond donors (Lipinski definition) is 2. The van der Waals surface area contributed by atoms with Crippen LogP contribution < -0.4 is 5.32 Å². The maximum absolute atomic E-state index is 14.2. The third kappa shape index (κ3) is 5.81. The number of allylic oxidation sites excluding steroid dienone is 1. The Morgan fingerprint density at radius 3 is 2.33 bits per heavy atom. The summed E-state index contributed by atoms with van der Waals surface area (Å²) in [5.74, 6) is 1.93. The smallest absolute Gasteiger partial charge is 0.407 e. The number of nitrogens with one attached hydrogen (secondary N) is 2. The van der Waals surface area contributed by atoms with Crippen LogP contribution in [0.1, 0.15) is 94.7 Å². The average molecular weight is 725 g/mol. The molecule has 9 rings (SSSR count). The number of H-pyrrole nitrogens is 1. The molecule has 0 unspecified atom stereocenters. The summed E-state index contributed by atoms with van der Waals surface area (Å²) in [5, 5.41) is 3.94. The van der Waals surface area contributed by atoms with Gasteiger partial charge in [-0.15, -0.1) is 0 Å². The van der Waals surface area contributed by atoms with E-state index < -0.39 is 18.1 Å². The molecule has 2 N–H and O–H groups in total. The summed E-state index contributed by atoms with van der Waals surface area (Å²) < 4.78 is 12.2. The maximum Gasteiger partial charge on any atom is 0.407 e. The second-order valence-corrected chi connectivity index (χ2v) is 17.4. The molecule has 1 aromatic heterocycles. The Morgan fingerprint density at radius 1 is 0.852 bits per heavy atom. The van der Waals surface area contributed by atoms with Crippen LogP contribution in [0.15, 0.2) is 90.6 Å². The highest BCUT2D eigenvalue weighted by atomic mass is 16.6. The first-order valence-electron chi connectivity index (χ1n) is 20.2. The summed E-state index contributed by atoms with van der Waals surface area (Å²) in [5.41, 5.74) is 8.16. The number of ketones is 1. The number of alkyl carbamates (subject to hydrolysis) is 1. The van der Waals surface area contributed by atoms with Crippen molar-refractivity contribution in [2.75, 3.05) is 6.61 Å². The quantitative estimate of drug-likeness (QED) is 0.139. The van der Waals surface area contributed by atoms with Gasteiger partial charge in [0.2, 0.25) is 0 Å². The number of hydrogen-bond acceptors (Lipinski definition) is 5. The van der Waals surface area contributed by atoms with Gasteiger partial charge >= 0.3 is 12.1 Å². The molecular formula is C47H52N2O5. The van der Waals surface area contributed by atoms with E-state index in [0.717, 1.165) is 83.7 Å². The van der Waals surface area contributed by atoms with Gasteiger partial charge in [0.05, 0.1) is 0 Å². The third-order valence-electron chi connectivity index (χ3n) is 14.8. The van der Waals surface area contributed by atoms with Crippen molar-refractivity contribution in [3.63, 3.8) is 0 Å². The summed E-state index contributed by atoms with van der Waals surface area (Å²) in [6.07, 6.45) is 11.9. The first kappa shape index (κ1) is 35.1. The van der Waals surface area contributed by atoms with Crippen LogP contribution in [0.5, 0.6) is 0 Å². The molecule has 7 nitrogen and oxygen atoms in total. The monoisotopic (exact) mass is 724 g/mol. The lowest BCUT2D eigenvalue weighted by molar-refractivity contribution is -0.151. The Bertz CT molecular complexity index is 2100. The zero-order valence-corrected chi connectivity index (χ0v) is 31.7. The molecule has 0 bridgehead atoms. The van der Waals surface area contributed by atoms with E-state index in [1.165, 1.54) is 12.0 Å². The van der Waals surface area contributed by atoms with Crippen molar-refractivity contribution < 1.29 is 23.9 Å². The third-order valence-corrected chi connectivity index (χ3v) is 14.8. The fourth-order valence-electron chi connectivity index (χ4n) is 12.2. The lowest BCUT2D eigenvalue weighted by Crippen LogP contribution is -2.51. The van der Waals surface area contributed by atoms with Crippen LogP contribution in [0.3, 0.4) is 0 Å². The summed E-state index contributed by atoms with van der Waals surface area (Å²) >= 11 is 0. The van der Waals surface area contributed by atoms with Gasteiger partial charge in [-0.2, -0.15) is 0 Å². The highest BCUT2D eigenvalue weighted by molar-refractivity contribution is 5.86. The molecule has 1 heterocycles. The number of fused-ring (bicyclic) bond motifs is 9. The van der Waals surface area contributed by atoms with Gasteiger partial charge in [0.25, 0.3) is 0 Å². The average Bonchev–Trinajstić information content (AvgIpc) is 3.85. The van der Waals surface area contributed by atoms with Crippen LogP contribution in [0, 0.1) is 34.5 Å². The molecule has 4 aromatic rings. The molecule has 3 aromatic carbocycles. The minimum Gasteiger partial charge on any atom is -0.457 e. The summed E-state index contributed by atoms with van der Waals surface area (Å²) in [7, 11) is 0. The van der Waals surface area contributed by atoms with Crippen LogP contribution in [0.4, 0.5) is 4.79 Å². The summed E-state index contributed by atoms with van der Waals surface area (Å²) in [6.45, 7) is 6.82. The van der Waals surface area contributed by atoms with E-state index in [2.05, 4.69) is 54.5 Å². The fraction of sp³-hybridized carbons (Fsp3) is 0.468. The Kier molecular flexibility index (Phi) is 8.82. The van der Waals surface area contributed by atoms with Crippen molar-refractivity contribution in [1.29, 1.82) is 0 Å². The molecular weight excluding hydrogens is 673 g/mol. The van der Waals surface area contributed by atoms with Gasteiger partial charge in [0.15, 0.2) is 0 Å². The van der Waals surface area contributed by atoms with E-state index in [-0.39, 0.29) is 41.8 Å². The van der Waals surface area contributed by atoms with E-state index in [9.17, 15) is 14.4 Å². The van der Waals surface area contributed by atoms with E-state index in [1.54, 1.807) is 6.92 Å². The molecule has 5 aliphatic rings. The number of esters is 1. The van der Waals surface area contributed by atoms with E-state index in [0.29, 0.717) is 23.5 Å². The molecule has 0 spiro atoms. The van der Waals surface area contributed by atoms with Gasteiger partial charge in [-0.25, -0.2) is 9.59 Å². The minimum absolute atomic E-state index is 0.0809. The van der Waals surface area contributed by atoms with Crippen LogP contribution in [0.2, 0.25) is 0 Å². The van der Waals surface area contributed by atoms with Crippen molar-refractivity contribution in [3.05, 3.63) is 107 Å². The molecule has 0 saturated heterocycles. The molecule has 5 aliphatic carbocycles. The Balaban J connectivity index is 0.909.